The smallest absolute Gasteiger partial charge is 0.251 e. The third-order valence-corrected chi connectivity index (χ3v) is 4.47. The fourth-order valence-corrected chi connectivity index (χ4v) is 2.98. The highest BCUT2D eigenvalue weighted by Crippen LogP contribution is 2.38. The molecule has 1 fully saturated rings. The number of carbonyl (C=O) groups excluding carboxylic acids is 1. The predicted octanol–water partition coefficient (Wildman–Crippen LogP) is 3.22. The number of hydrogen-bond donors (Lipinski definition) is 1. The molecule has 19 heavy (non-hydrogen) atoms. The number of carbonyl (C=O) groups is 1. The van der Waals surface area contributed by atoms with Gasteiger partial charge in [-0.05, 0) is 31.0 Å². The standard InChI is InChI=1S/C15H20ClNO2/c1-19-13-6-4-5-12(9-13)14(18)17-11-15(10-16)7-2-3-8-15/h4-6,9H,2-3,7-8,10-11H2,1H3,(H,17,18). The molecule has 1 saturated carbocycles. The first-order chi connectivity index (χ1) is 9.19. The first-order valence-electron chi connectivity index (χ1n) is 6.67. The maximum atomic E-state index is 12.1. The van der Waals surface area contributed by atoms with Crippen molar-refractivity contribution in [2.24, 2.45) is 5.41 Å². The Balaban J connectivity index is 1.97. The van der Waals surface area contributed by atoms with Gasteiger partial charge in [-0.25, -0.2) is 0 Å². The summed E-state index contributed by atoms with van der Waals surface area (Å²) >= 11 is 6.07. The van der Waals surface area contributed by atoms with Gasteiger partial charge in [0.15, 0.2) is 0 Å². The molecule has 1 amide bonds. The van der Waals surface area contributed by atoms with Crippen molar-refractivity contribution in [3.8, 4) is 5.75 Å². The van der Waals surface area contributed by atoms with E-state index in [9.17, 15) is 4.79 Å². The zero-order valence-electron chi connectivity index (χ0n) is 11.2. The molecule has 1 aliphatic carbocycles. The number of ether oxygens (including phenoxy) is 1. The second-order valence-electron chi connectivity index (χ2n) is 5.26. The van der Waals surface area contributed by atoms with Crippen LogP contribution in [-0.2, 0) is 0 Å². The molecule has 0 spiro atoms. The number of rotatable bonds is 5. The second-order valence-corrected chi connectivity index (χ2v) is 5.52. The third-order valence-electron chi connectivity index (χ3n) is 3.90. The molecule has 1 aromatic carbocycles. The highest BCUT2D eigenvalue weighted by Gasteiger charge is 2.33. The fourth-order valence-electron chi connectivity index (χ4n) is 2.62. The molecule has 2 rings (SSSR count). The number of halogens is 1. The fraction of sp³-hybridized carbons (Fsp3) is 0.533. The van der Waals surface area contributed by atoms with E-state index in [0.29, 0.717) is 23.7 Å². The Morgan fingerprint density at radius 1 is 1.42 bits per heavy atom. The Hall–Kier alpha value is -1.22. The van der Waals surface area contributed by atoms with Gasteiger partial charge in [-0.2, -0.15) is 0 Å². The minimum atomic E-state index is -0.0599. The van der Waals surface area contributed by atoms with Gasteiger partial charge in [0.05, 0.1) is 7.11 Å². The third kappa shape index (κ3) is 3.41. The molecular weight excluding hydrogens is 262 g/mol. The summed E-state index contributed by atoms with van der Waals surface area (Å²) in [6.45, 7) is 0.659. The molecule has 1 aromatic rings. The summed E-state index contributed by atoms with van der Waals surface area (Å²) in [5, 5.41) is 3.01. The molecule has 4 heteroatoms. The summed E-state index contributed by atoms with van der Waals surface area (Å²) in [7, 11) is 1.60. The van der Waals surface area contributed by atoms with Crippen LogP contribution in [0, 0.1) is 5.41 Å². The summed E-state index contributed by atoms with van der Waals surface area (Å²) in [4.78, 5) is 12.1. The molecule has 0 atom stereocenters. The van der Waals surface area contributed by atoms with Gasteiger partial charge in [0, 0.05) is 23.4 Å². The van der Waals surface area contributed by atoms with Gasteiger partial charge in [0.2, 0.25) is 0 Å². The highest BCUT2D eigenvalue weighted by molar-refractivity contribution is 6.18. The van der Waals surface area contributed by atoms with Crippen molar-refractivity contribution in [3.05, 3.63) is 29.8 Å². The lowest BCUT2D eigenvalue weighted by atomic mass is 9.88. The molecule has 0 aromatic heterocycles. The van der Waals surface area contributed by atoms with Crippen molar-refractivity contribution in [2.75, 3.05) is 19.5 Å². The van der Waals surface area contributed by atoms with Crippen molar-refractivity contribution < 1.29 is 9.53 Å². The number of methoxy groups -OCH3 is 1. The normalized spacial score (nSPS) is 17.2. The molecule has 1 N–H and O–H groups in total. The molecule has 1 aliphatic rings. The summed E-state index contributed by atoms with van der Waals surface area (Å²) in [5.74, 6) is 1.25. The Labute approximate surface area is 119 Å². The SMILES string of the molecule is COc1cccc(C(=O)NCC2(CCl)CCCC2)c1. The van der Waals surface area contributed by atoms with Crippen LogP contribution >= 0.6 is 11.6 Å². The van der Waals surface area contributed by atoms with E-state index >= 15 is 0 Å². The van der Waals surface area contributed by atoms with Crippen molar-refractivity contribution in [2.45, 2.75) is 25.7 Å². The molecule has 0 radical (unpaired) electrons. The van der Waals surface area contributed by atoms with Gasteiger partial charge >= 0.3 is 0 Å². The quantitative estimate of drug-likeness (QED) is 0.842. The van der Waals surface area contributed by atoms with Crippen molar-refractivity contribution >= 4 is 17.5 Å². The minimum absolute atomic E-state index is 0.0599. The predicted molar refractivity (Wildman–Crippen MR) is 76.9 cm³/mol. The molecule has 0 saturated heterocycles. The van der Waals surface area contributed by atoms with Gasteiger partial charge < -0.3 is 10.1 Å². The van der Waals surface area contributed by atoms with Crippen LogP contribution in [0.5, 0.6) is 5.75 Å². The number of amides is 1. The lowest BCUT2D eigenvalue weighted by molar-refractivity contribution is 0.0934. The van der Waals surface area contributed by atoms with E-state index in [4.69, 9.17) is 16.3 Å². The van der Waals surface area contributed by atoms with Crippen LogP contribution < -0.4 is 10.1 Å². The van der Waals surface area contributed by atoms with Crippen LogP contribution in [-0.4, -0.2) is 25.4 Å². The highest BCUT2D eigenvalue weighted by atomic mass is 35.5. The van der Waals surface area contributed by atoms with Crippen molar-refractivity contribution in [3.63, 3.8) is 0 Å². The molecule has 0 aliphatic heterocycles. The van der Waals surface area contributed by atoms with Crippen LogP contribution in [0.1, 0.15) is 36.0 Å². The zero-order valence-corrected chi connectivity index (χ0v) is 12.0. The van der Waals surface area contributed by atoms with Crippen LogP contribution in [0.3, 0.4) is 0 Å². The largest absolute Gasteiger partial charge is 0.497 e. The van der Waals surface area contributed by atoms with E-state index in [2.05, 4.69) is 5.32 Å². The Kier molecular flexibility index (Phi) is 4.70. The minimum Gasteiger partial charge on any atom is -0.497 e. The average molecular weight is 282 g/mol. The molecule has 0 heterocycles. The summed E-state index contributed by atoms with van der Waals surface area (Å²) in [6.07, 6.45) is 4.63. The van der Waals surface area contributed by atoms with Gasteiger partial charge in [0.25, 0.3) is 5.91 Å². The van der Waals surface area contributed by atoms with E-state index in [0.717, 1.165) is 12.8 Å². The number of hydrogen-bond acceptors (Lipinski definition) is 2. The van der Waals surface area contributed by atoms with E-state index in [-0.39, 0.29) is 11.3 Å². The lowest BCUT2D eigenvalue weighted by Gasteiger charge is -2.26. The van der Waals surface area contributed by atoms with Crippen LogP contribution in [0.2, 0.25) is 0 Å². The maximum absolute atomic E-state index is 12.1. The number of nitrogens with one attached hydrogen (secondary N) is 1. The Morgan fingerprint density at radius 3 is 2.79 bits per heavy atom. The average Bonchev–Trinajstić information content (AvgIpc) is 2.94. The first-order valence-corrected chi connectivity index (χ1v) is 7.21. The van der Waals surface area contributed by atoms with Crippen LogP contribution in [0.15, 0.2) is 24.3 Å². The number of alkyl halides is 1. The molecule has 0 unspecified atom stereocenters. The summed E-state index contributed by atoms with van der Waals surface area (Å²) < 4.78 is 5.12. The second kappa shape index (κ2) is 6.29. The molecular formula is C15H20ClNO2. The van der Waals surface area contributed by atoms with Crippen LogP contribution in [0.4, 0.5) is 0 Å². The van der Waals surface area contributed by atoms with E-state index in [1.807, 2.05) is 12.1 Å². The number of benzene rings is 1. The molecule has 3 nitrogen and oxygen atoms in total. The Morgan fingerprint density at radius 2 is 2.16 bits per heavy atom. The monoisotopic (exact) mass is 281 g/mol. The first kappa shape index (κ1) is 14.2. The van der Waals surface area contributed by atoms with Gasteiger partial charge in [-0.1, -0.05) is 18.9 Å². The van der Waals surface area contributed by atoms with Gasteiger partial charge in [0.1, 0.15) is 5.75 Å². The summed E-state index contributed by atoms with van der Waals surface area (Å²) in [5.41, 5.74) is 0.720. The van der Waals surface area contributed by atoms with E-state index in [1.165, 1.54) is 12.8 Å². The molecule has 104 valence electrons. The topological polar surface area (TPSA) is 38.3 Å². The molecule has 0 bridgehead atoms. The van der Waals surface area contributed by atoms with E-state index < -0.39 is 0 Å². The Bertz CT molecular complexity index is 442. The van der Waals surface area contributed by atoms with Crippen LogP contribution in [0.25, 0.3) is 0 Å². The van der Waals surface area contributed by atoms with Crippen molar-refractivity contribution in [1.29, 1.82) is 0 Å². The van der Waals surface area contributed by atoms with Crippen molar-refractivity contribution in [1.82, 2.24) is 5.32 Å². The zero-order chi connectivity index (χ0) is 13.7. The lowest BCUT2D eigenvalue weighted by Crippen LogP contribution is -2.37. The van der Waals surface area contributed by atoms with Gasteiger partial charge in [-0.3, -0.25) is 4.79 Å². The van der Waals surface area contributed by atoms with E-state index in [1.54, 1.807) is 19.2 Å². The summed E-state index contributed by atoms with van der Waals surface area (Å²) in [6, 6.07) is 7.19. The van der Waals surface area contributed by atoms with Gasteiger partial charge in [-0.15, -0.1) is 11.6 Å². The maximum Gasteiger partial charge on any atom is 0.251 e.